The molecule has 0 aliphatic carbocycles. The van der Waals surface area contributed by atoms with E-state index in [-0.39, 0.29) is 29.1 Å². The summed E-state index contributed by atoms with van der Waals surface area (Å²) in [6.45, 7) is 0.612. The van der Waals surface area contributed by atoms with E-state index in [9.17, 15) is 13.2 Å². The van der Waals surface area contributed by atoms with Crippen LogP contribution in [-0.2, 0) is 9.84 Å². The zero-order chi connectivity index (χ0) is 21.8. The number of aromatic nitrogens is 2. The van der Waals surface area contributed by atoms with Crippen LogP contribution < -0.4 is 14.8 Å². The van der Waals surface area contributed by atoms with Crippen molar-refractivity contribution in [3.05, 3.63) is 53.5 Å². The second kappa shape index (κ2) is 9.11. The lowest BCUT2D eigenvalue weighted by Gasteiger charge is -2.12. The highest BCUT2D eigenvalue weighted by atomic mass is 32.2. The molecule has 8 nitrogen and oxygen atoms in total. The summed E-state index contributed by atoms with van der Waals surface area (Å²) in [4.78, 5) is 13.6. The first-order valence-corrected chi connectivity index (χ1v) is 12.5. The van der Waals surface area contributed by atoms with E-state index in [1.54, 1.807) is 42.1 Å². The molecule has 164 valence electrons. The average Bonchev–Trinajstić information content (AvgIpc) is 3.50. The Morgan fingerprint density at radius 3 is 2.68 bits per heavy atom. The standard InChI is InChI=1S/C21H23N3O5S2/c1-28-16-4-6-17(7-5-16)29-10-9-22-21(25)18-13-19(20-3-2-11-30-20)24(23-18)15-8-12-31(26,27)14-15/h2-7,11,13,15H,8-10,12,14H2,1H3,(H,22,25). The van der Waals surface area contributed by atoms with Gasteiger partial charge in [0.05, 0.1) is 41.8 Å². The van der Waals surface area contributed by atoms with Gasteiger partial charge in [0.25, 0.3) is 5.91 Å². The van der Waals surface area contributed by atoms with Crippen LogP contribution in [0.1, 0.15) is 23.0 Å². The lowest BCUT2D eigenvalue weighted by molar-refractivity contribution is 0.0941. The van der Waals surface area contributed by atoms with Crippen LogP contribution in [0, 0.1) is 0 Å². The number of rotatable bonds is 8. The minimum Gasteiger partial charge on any atom is -0.497 e. The Hall–Kier alpha value is -2.85. The van der Waals surface area contributed by atoms with Crippen LogP contribution >= 0.6 is 11.3 Å². The molecule has 0 saturated carbocycles. The molecular weight excluding hydrogens is 438 g/mol. The largest absolute Gasteiger partial charge is 0.497 e. The third kappa shape index (κ3) is 5.08. The van der Waals surface area contributed by atoms with Gasteiger partial charge in [0.1, 0.15) is 18.1 Å². The molecule has 3 heterocycles. The third-order valence-electron chi connectivity index (χ3n) is 5.01. The van der Waals surface area contributed by atoms with Gasteiger partial charge in [0.2, 0.25) is 0 Å². The number of methoxy groups -OCH3 is 1. The number of amides is 1. The van der Waals surface area contributed by atoms with Gasteiger partial charge in [-0.1, -0.05) is 6.07 Å². The van der Waals surface area contributed by atoms with Crippen LogP contribution in [0.15, 0.2) is 47.8 Å². The Morgan fingerprint density at radius 2 is 2.03 bits per heavy atom. The molecule has 1 atom stereocenters. The number of sulfone groups is 1. The van der Waals surface area contributed by atoms with Crippen molar-refractivity contribution in [3.8, 4) is 22.1 Å². The van der Waals surface area contributed by atoms with Crippen LogP contribution in [0.4, 0.5) is 0 Å². The van der Waals surface area contributed by atoms with Crippen molar-refractivity contribution in [1.29, 1.82) is 0 Å². The monoisotopic (exact) mass is 461 g/mol. The van der Waals surface area contributed by atoms with Gasteiger partial charge in [0.15, 0.2) is 15.5 Å². The number of nitrogens with zero attached hydrogens (tertiary/aromatic N) is 2. The molecule has 31 heavy (non-hydrogen) atoms. The summed E-state index contributed by atoms with van der Waals surface area (Å²) in [5.41, 5.74) is 1.02. The number of thiophene rings is 1. The van der Waals surface area contributed by atoms with Gasteiger partial charge in [-0.2, -0.15) is 5.10 Å². The molecule has 0 bridgehead atoms. The van der Waals surface area contributed by atoms with Crippen molar-refractivity contribution in [2.75, 3.05) is 31.8 Å². The van der Waals surface area contributed by atoms with Crippen molar-refractivity contribution < 1.29 is 22.7 Å². The molecule has 1 amide bonds. The van der Waals surface area contributed by atoms with Gasteiger partial charge < -0.3 is 14.8 Å². The molecule has 1 fully saturated rings. The molecule has 3 aromatic rings. The zero-order valence-electron chi connectivity index (χ0n) is 17.0. The van der Waals surface area contributed by atoms with Crippen molar-refractivity contribution in [3.63, 3.8) is 0 Å². The molecule has 10 heteroatoms. The van der Waals surface area contributed by atoms with Gasteiger partial charge in [0, 0.05) is 0 Å². The van der Waals surface area contributed by atoms with Gasteiger partial charge >= 0.3 is 0 Å². The Labute approximate surface area is 184 Å². The smallest absolute Gasteiger partial charge is 0.271 e. The maximum atomic E-state index is 12.6. The topological polar surface area (TPSA) is 99.5 Å². The van der Waals surface area contributed by atoms with Crippen LogP contribution in [0.3, 0.4) is 0 Å². The van der Waals surface area contributed by atoms with E-state index in [1.165, 1.54) is 11.3 Å². The maximum Gasteiger partial charge on any atom is 0.271 e. The first-order chi connectivity index (χ1) is 14.9. The maximum absolute atomic E-state index is 12.6. The molecule has 2 aromatic heterocycles. The Kier molecular flexibility index (Phi) is 6.28. The molecule has 1 aromatic carbocycles. The summed E-state index contributed by atoms with van der Waals surface area (Å²) in [6, 6.07) is 12.5. The summed E-state index contributed by atoms with van der Waals surface area (Å²) < 4.78 is 36.3. The fraction of sp³-hybridized carbons (Fsp3) is 0.333. The first-order valence-electron chi connectivity index (χ1n) is 9.84. The van der Waals surface area contributed by atoms with Crippen molar-refractivity contribution in [2.24, 2.45) is 0 Å². The third-order valence-corrected chi connectivity index (χ3v) is 7.65. The van der Waals surface area contributed by atoms with Crippen LogP contribution in [0.2, 0.25) is 0 Å². The van der Waals surface area contributed by atoms with E-state index in [0.717, 1.165) is 16.3 Å². The molecule has 1 aliphatic rings. The van der Waals surface area contributed by atoms with E-state index in [4.69, 9.17) is 9.47 Å². The average molecular weight is 462 g/mol. The molecule has 1 aliphatic heterocycles. The minimum absolute atomic E-state index is 0.0455. The molecule has 0 radical (unpaired) electrons. The number of ether oxygens (including phenoxy) is 2. The van der Waals surface area contributed by atoms with Gasteiger partial charge in [-0.3, -0.25) is 9.48 Å². The second-order valence-corrected chi connectivity index (χ2v) is 10.3. The molecule has 1 unspecified atom stereocenters. The fourth-order valence-electron chi connectivity index (χ4n) is 3.46. The molecule has 1 saturated heterocycles. The number of carbonyl (C=O) groups excluding carboxylic acids is 1. The van der Waals surface area contributed by atoms with Crippen molar-refractivity contribution >= 4 is 27.1 Å². The summed E-state index contributed by atoms with van der Waals surface area (Å²) in [6.07, 6.45) is 0.499. The van der Waals surface area contributed by atoms with Gasteiger partial charge in [-0.05, 0) is 48.2 Å². The Morgan fingerprint density at radius 1 is 1.26 bits per heavy atom. The van der Waals surface area contributed by atoms with E-state index < -0.39 is 9.84 Å². The number of hydrogen-bond acceptors (Lipinski definition) is 7. The molecular formula is C21H23N3O5S2. The lowest BCUT2D eigenvalue weighted by Crippen LogP contribution is -2.28. The molecule has 1 N–H and O–H groups in total. The minimum atomic E-state index is -3.07. The molecule has 0 spiro atoms. The predicted octanol–water partition coefficient (Wildman–Crippen LogP) is 2.79. The number of nitrogens with one attached hydrogen (secondary N) is 1. The highest BCUT2D eigenvalue weighted by Gasteiger charge is 2.32. The lowest BCUT2D eigenvalue weighted by atomic mass is 10.2. The number of carbonyl (C=O) groups is 1. The van der Waals surface area contributed by atoms with E-state index in [2.05, 4.69) is 10.4 Å². The highest BCUT2D eigenvalue weighted by Crippen LogP contribution is 2.32. The number of benzene rings is 1. The van der Waals surface area contributed by atoms with Crippen LogP contribution in [0.25, 0.3) is 10.6 Å². The van der Waals surface area contributed by atoms with E-state index in [1.807, 2.05) is 17.5 Å². The Bertz CT molecular complexity index is 1140. The number of hydrogen-bond donors (Lipinski definition) is 1. The van der Waals surface area contributed by atoms with Crippen LogP contribution in [0.5, 0.6) is 11.5 Å². The zero-order valence-corrected chi connectivity index (χ0v) is 18.6. The van der Waals surface area contributed by atoms with Crippen molar-refractivity contribution in [2.45, 2.75) is 12.5 Å². The normalized spacial score (nSPS) is 17.4. The fourth-order valence-corrected chi connectivity index (χ4v) is 5.88. The summed E-state index contributed by atoms with van der Waals surface area (Å²) in [5, 5.41) is 9.21. The quantitative estimate of drug-likeness (QED) is 0.518. The van der Waals surface area contributed by atoms with E-state index in [0.29, 0.717) is 25.3 Å². The SMILES string of the molecule is COc1ccc(OCCNC(=O)c2cc(-c3cccs3)n(C3CCS(=O)(=O)C3)n2)cc1. The Balaban J connectivity index is 1.41. The summed E-state index contributed by atoms with van der Waals surface area (Å²) in [7, 11) is -1.47. The van der Waals surface area contributed by atoms with Gasteiger partial charge in [-0.15, -0.1) is 11.3 Å². The van der Waals surface area contributed by atoms with Crippen molar-refractivity contribution in [1.82, 2.24) is 15.1 Å². The van der Waals surface area contributed by atoms with Gasteiger partial charge in [-0.25, -0.2) is 8.42 Å². The van der Waals surface area contributed by atoms with Crippen LogP contribution in [-0.4, -0.2) is 55.9 Å². The predicted molar refractivity (Wildman–Crippen MR) is 119 cm³/mol. The highest BCUT2D eigenvalue weighted by molar-refractivity contribution is 7.91. The summed E-state index contributed by atoms with van der Waals surface area (Å²) in [5.74, 6) is 1.29. The second-order valence-electron chi connectivity index (χ2n) is 7.17. The van der Waals surface area contributed by atoms with E-state index >= 15 is 0 Å². The first kappa shape index (κ1) is 21.4. The molecule has 4 rings (SSSR count). The summed E-state index contributed by atoms with van der Waals surface area (Å²) >= 11 is 1.52.